The van der Waals surface area contributed by atoms with E-state index in [9.17, 15) is 0 Å². The van der Waals surface area contributed by atoms with Gasteiger partial charge < -0.3 is 10.5 Å². The molecule has 3 aromatic rings. The molecule has 2 heteroatoms. The van der Waals surface area contributed by atoms with Crippen molar-refractivity contribution in [3.05, 3.63) is 77.9 Å². The number of benzene rings is 3. The molecule has 3 rings (SSSR count). The van der Waals surface area contributed by atoms with Gasteiger partial charge in [-0.15, -0.1) is 0 Å². The summed E-state index contributed by atoms with van der Waals surface area (Å²) in [6, 6.07) is 22.9. The summed E-state index contributed by atoms with van der Waals surface area (Å²) < 4.78 is 5.26. The van der Waals surface area contributed by atoms with Gasteiger partial charge in [0.25, 0.3) is 0 Å². The van der Waals surface area contributed by atoms with Crippen LogP contribution in [0.4, 0.5) is 0 Å². The molecule has 0 saturated carbocycles. The predicted octanol–water partition coefficient (Wildman–Crippen LogP) is 4.09. The van der Waals surface area contributed by atoms with E-state index in [4.69, 9.17) is 10.5 Å². The Morgan fingerprint density at radius 1 is 0.905 bits per heavy atom. The molecule has 0 aliphatic carbocycles. The number of rotatable bonds is 4. The van der Waals surface area contributed by atoms with Crippen LogP contribution in [0.3, 0.4) is 0 Å². The van der Waals surface area contributed by atoms with Crippen molar-refractivity contribution in [2.24, 2.45) is 5.73 Å². The van der Waals surface area contributed by atoms with Crippen molar-refractivity contribution >= 4 is 10.8 Å². The molecule has 0 radical (unpaired) electrons. The number of ether oxygens (including phenoxy) is 1. The minimum atomic E-state index is -0.0123. The smallest absolute Gasteiger partial charge is 0.119 e. The van der Waals surface area contributed by atoms with Crippen LogP contribution in [-0.4, -0.2) is 7.11 Å². The van der Waals surface area contributed by atoms with Gasteiger partial charge in [-0.2, -0.15) is 0 Å². The van der Waals surface area contributed by atoms with Gasteiger partial charge in [-0.1, -0.05) is 48.5 Å². The zero-order valence-electron chi connectivity index (χ0n) is 12.1. The molecule has 21 heavy (non-hydrogen) atoms. The Bertz CT molecular complexity index is 751. The van der Waals surface area contributed by atoms with Crippen molar-refractivity contribution in [3.63, 3.8) is 0 Å². The van der Waals surface area contributed by atoms with Crippen LogP contribution in [0.5, 0.6) is 5.75 Å². The predicted molar refractivity (Wildman–Crippen MR) is 87.6 cm³/mol. The fourth-order valence-electron chi connectivity index (χ4n) is 2.61. The first-order chi connectivity index (χ1) is 10.3. The van der Waals surface area contributed by atoms with Crippen LogP contribution >= 0.6 is 0 Å². The fourth-order valence-corrected chi connectivity index (χ4v) is 2.61. The first kappa shape index (κ1) is 13.7. The number of hydrogen-bond donors (Lipinski definition) is 1. The van der Waals surface area contributed by atoms with Gasteiger partial charge in [-0.05, 0) is 46.5 Å². The third-order valence-electron chi connectivity index (χ3n) is 3.79. The molecule has 2 nitrogen and oxygen atoms in total. The van der Waals surface area contributed by atoms with Crippen molar-refractivity contribution in [2.75, 3.05) is 7.11 Å². The van der Waals surface area contributed by atoms with Crippen molar-refractivity contribution in [1.82, 2.24) is 0 Å². The van der Waals surface area contributed by atoms with Gasteiger partial charge in [0.2, 0.25) is 0 Å². The molecule has 0 saturated heterocycles. The molecule has 0 fully saturated rings. The number of methoxy groups -OCH3 is 1. The summed E-state index contributed by atoms with van der Waals surface area (Å²) in [5, 5.41) is 2.48. The second kappa shape index (κ2) is 5.98. The van der Waals surface area contributed by atoms with Crippen LogP contribution in [0.15, 0.2) is 66.7 Å². The third-order valence-corrected chi connectivity index (χ3v) is 3.79. The Kier molecular flexibility index (Phi) is 3.89. The summed E-state index contributed by atoms with van der Waals surface area (Å²) in [7, 11) is 1.68. The molecule has 1 atom stereocenters. The molecular weight excluding hydrogens is 258 g/mol. The second-order valence-electron chi connectivity index (χ2n) is 5.27. The van der Waals surface area contributed by atoms with Crippen LogP contribution in [0.25, 0.3) is 10.8 Å². The summed E-state index contributed by atoms with van der Waals surface area (Å²) in [6.45, 7) is 0. The normalized spacial score (nSPS) is 12.3. The molecule has 0 spiro atoms. The SMILES string of the molecule is COc1cccc(CC(N)c2ccc3ccccc3c2)c1. The third kappa shape index (κ3) is 3.06. The Labute approximate surface area is 125 Å². The van der Waals surface area contributed by atoms with Crippen LogP contribution in [0.2, 0.25) is 0 Å². The van der Waals surface area contributed by atoms with Crippen molar-refractivity contribution in [3.8, 4) is 5.75 Å². The maximum Gasteiger partial charge on any atom is 0.119 e. The molecule has 0 bridgehead atoms. The number of hydrogen-bond acceptors (Lipinski definition) is 2. The molecule has 0 amide bonds. The van der Waals surface area contributed by atoms with E-state index in [1.165, 1.54) is 16.3 Å². The van der Waals surface area contributed by atoms with E-state index in [1.54, 1.807) is 7.11 Å². The Morgan fingerprint density at radius 3 is 2.52 bits per heavy atom. The molecule has 3 aromatic carbocycles. The summed E-state index contributed by atoms with van der Waals surface area (Å²) >= 11 is 0. The topological polar surface area (TPSA) is 35.2 Å². The molecule has 0 aromatic heterocycles. The number of fused-ring (bicyclic) bond motifs is 1. The largest absolute Gasteiger partial charge is 0.497 e. The monoisotopic (exact) mass is 277 g/mol. The quantitative estimate of drug-likeness (QED) is 0.779. The molecule has 0 aliphatic heterocycles. The highest BCUT2D eigenvalue weighted by atomic mass is 16.5. The summed E-state index contributed by atoms with van der Waals surface area (Å²) in [5.74, 6) is 0.873. The van der Waals surface area contributed by atoms with Crippen LogP contribution in [-0.2, 0) is 6.42 Å². The molecule has 1 unspecified atom stereocenters. The highest BCUT2D eigenvalue weighted by Gasteiger charge is 2.08. The van der Waals surface area contributed by atoms with Gasteiger partial charge in [0.15, 0.2) is 0 Å². The van der Waals surface area contributed by atoms with E-state index in [0.29, 0.717) is 0 Å². The first-order valence-electron chi connectivity index (χ1n) is 7.13. The highest BCUT2D eigenvalue weighted by molar-refractivity contribution is 5.83. The summed E-state index contributed by atoms with van der Waals surface area (Å²) in [5.41, 5.74) is 8.72. The van der Waals surface area contributed by atoms with E-state index < -0.39 is 0 Å². The molecule has 2 N–H and O–H groups in total. The standard InChI is InChI=1S/C19H19NO/c1-21-18-8-4-5-14(11-18)12-19(20)17-10-9-15-6-2-3-7-16(15)13-17/h2-11,13,19H,12,20H2,1H3. The molecular formula is C19H19NO. The summed E-state index contributed by atoms with van der Waals surface area (Å²) in [6.07, 6.45) is 0.801. The lowest BCUT2D eigenvalue weighted by molar-refractivity contribution is 0.414. The van der Waals surface area contributed by atoms with E-state index in [2.05, 4.69) is 48.5 Å². The van der Waals surface area contributed by atoms with Gasteiger partial charge >= 0.3 is 0 Å². The van der Waals surface area contributed by atoms with Crippen molar-refractivity contribution < 1.29 is 4.74 Å². The Balaban J connectivity index is 1.84. The van der Waals surface area contributed by atoms with Gasteiger partial charge in [0.1, 0.15) is 5.75 Å². The zero-order valence-corrected chi connectivity index (χ0v) is 12.1. The summed E-state index contributed by atoms with van der Waals surface area (Å²) in [4.78, 5) is 0. The van der Waals surface area contributed by atoms with Crippen molar-refractivity contribution in [1.29, 1.82) is 0 Å². The minimum absolute atomic E-state index is 0.0123. The average molecular weight is 277 g/mol. The van der Waals surface area contributed by atoms with E-state index in [0.717, 1.165) is 17.7 Å². The van der Waals surface area contributed by atoms with Gasteiger partial charge in [-0.25, -0.2) is 0 Å². The van der Waals surface area contributed by atoms with Gasteiger partial charge in [0, 0.05) is 6.04 Å². The van der Waals surface area contributed by atoms with E-state index in [1.807, 2.05) is 18.2 Å². The van der Waals surface area contributed by atoms with E-state index >= 15 is 0 Å². The van der Waals surface area contributed by atoms with Gasteiger partial charge in [0.05, 0.1) is 7.11 Å². The maximum absolute atomic E-state index is 6.37. The second-order valence-corrected chi connectivity index (χ2v) is 5.27. The molecule has 0 aliphatic rings. The zero-order chi connectivity index (χ0) is 14.7. The first-order valence-corrected chi connectivity index (χ1v) is 7.13. The van der Waals surface area contributed by atoms with Gasteiger partial charge in [-0.3, -0.25) is 0 Å². The fraction of sp³-hybridized carbons (Fsp3) is 0.158. The minimum Gasteiger partial charge on any atom is -0.497 e. The average Bonchev–Trinajstić information content (AvgIpc) is 2.54. The lowest BCUT2D eigenvalue weighted by Crippen LogP contribution is -2.13. The van der Waals surface area contributed by atoms with Crippen LogP contribution < -0.4 is 10.5 Å². The van der Waals surface area contributed by atoms with Crippen LogP contribution in [0.1, 0.15) is 17.2 Å². The number of nitrogens with two attached hydrogens (primary N) is 1. The maximum atomic E-state index is 6.37. The van der Waals surface area contributed by atoms with E-state index in [-0.39, 0.29) is 6.04 Å². The van der Waals surface area contributed by atoms with Crippen molar-refractivity contribution in [2.45, 2.75) is 12.5 Å². The highest BCUT2D eigenvalue weighted by Crippen LogP contribution is 2.23. The Hall–Kier alpha value is -2.32. The molecule has 0 heterocycles. The Morgan fingerprint density at radius 2 is 1.71 bits per heavy atom. The lowest BCUT2D eigenvalue weighted by atomic mass is 9.97. The van der Waals surface area contributed by atoms with Crippen LogP contribution in [0, 0.1) is 0 Å². The lowest BCUT2D eigenvalue weighted by Gasteiger charge is -2.14. The molecule has 106 valence electrons.